The monoisotopic (exact) mass is 441 g/mol. The fourth-order valence-electron chi connectivity index (χ4n) is 3.53. The number of nitrogens with one attached hydrogen (secondary N) is 1. The Labute approximate surface area is 188 Å². The summed E-state index contributed by atoms with van der Waals surface area (Å²) in [6, 6.07) is 9.73. The summed E-state index contributed by atoms with van der Waals surface area (Å²) in [6.07, 6.45) is 3.45. The third-order valence-corrected chi connectivity index (χ3v) is 5.23. The highest BCUT2D eigenvalue weighted by Gasteiger charge is 2.37. The molecule has 0 saturated heterocycles. The molecule has 172 valence electrons. The summed E-state index contributed by atoms with van der Waals surface area (Å²) in [4.78, 5) is 32.3. The van der Waals surface area contributed by atoms with E-state index in [1.807, 2.05) is 6.07 Å². The molecule has 0 fully saturated rings. The van der Waals surface area contributed by atoms with Gasteiger partial charge in [0.25, 0.3) is 5.91 Å². The zero-order valence-electron chi connectivity index (χ0n) is 18.6. The first-order valence-electron chi connectivity index (χ1n) is 11.0. The number of hydrogen-bond acceptors (Lipinski definition) is 6. The number of rotatable bonds is 10. The molecule has 8 heteroatoms. The van der Waals surface area contributed by atoms with Gasteiger partial charge in [0.1, 0.15) is 12.6 Å². The molecule has 1 aliphatic rings. The second-order valence-electron chi connectivity index (χ2n) is 8.13. The molecule has 2 heterocycles. The molecule has 1 aromatic carbocycles. The van der Waals surface area contributed by atoms with Crippen LogP contribution in [0, 0.1) is 5.92 Å². The van der Waals surface area contributed by atoms with E-state index < -0.39 is 12.1 Å². The van der Waals surface area contributed by atoms with Crippen LogP contribution in [-0.2, 0) is 9.59 Å². The lowest BCUT2D eigenvalue weighted by Crippen LogP contribution is -2.51. The standard InChI is InChI=1S/C24H31N3O5/c1-17(2)8-13-26-23(29)22(18-9-11-25-12-10-18)27(14-5-15-28)24(30)21-16-31-19-6-3-4-7-20(19)32-21/h3-4,6-7,9-12,17,21-22,28H,5,8,13-16H2,1-2H3,(H,26,29)/t21-,22-/m1/s1. The summed E-state index contributed by atoms with van der Waals surface area (Å²) in [5, 5.41) is 12.4. The van der Waals surface area contributed by atoms with Crippen LogP contribution in [-0.4, -0.2) is 59.2 Å². The van der Waals surface area contributed by atoms with Crippen LogP contribution in [0.5, 0.6) is 11.5 Å². The molecule has 2 aromatic rings. The smallest absolute Gasteiger partial charge is 0.268 e. The van der Waals surface area contributed by atoms with E-state index in [-0.39, 0.29) is 31.6 Å². The Morgan fingerprint density at radius 2 is 1.91 bits per heavy atom. The van der Waals surface area contributed by atoms with Gasteiger partial charge in [-0.3, -0.25) is 14.6 Å². The topological polar surface area (TPSA) is 101 Å². The molecule has 8 nitrogen and oxygen atoms in total. The Kier molecular flexibility index (Phi) is 8.44. The first-order chi connectivity index (χ1) is 15.5. The number of pyridine rings is 1. The number of ether oxygens (including phenoxy) is 2. The lowest BCUT2D eigenvalue weighted by Gasteiger charge is -2.35. The molecule has 0 spiro atoms. The highest BCUT2D eigenvalue weighted by Crippen LogP contribution is 2.32. The van der Waals surface area contributed by atoms with Gasteiger partial charge in [-0.15, -0.1) is 0 Å². The molecule has 32 heavy (non-hydrogen) atoms. The van der Waals surface area contributed by atoms with Crippen LogP contribution in [0.2, 0.25) is 0 Å². The summed E-state index contributed by atoms with van der Waals surface area (Å²) in [5.41, 5.74) is 0.644. The maximum atomic E-state index is 13.6. The van der Waals surface area contributed by atoms with Crippen molar-refractivity contribution < 1.29 is 24.2 Å². The van der Waals surface area contributed by atoms with Crippen LogP contribution >= 0.6 is 0 Å². The number of aliphatic hydroxyl groups is 1. The summed E-state index contributed by atoms with van der Waals surface area (Å²) in [5.74, 6) is 0.861. The quantitative estimate of drug-likeness (QED) is 0.587. The Hall–Kier alpha value is -3.13. The van der Waals surface area contributed by atoms with Gasteiger partial charge in [-0.2, -0.15) is 0 Å². The maximum Gasteiger partial charge on any atom is 0.268 e. The van der Waals surface area contributed by atoms with Crippen molar-refractivity contribution >= 4 is 11.8 Å². The van der Waals surface area contributed by atoms with Gasteiger partial charge in [-0.05, 0) is 48.6 Å². The number of aromatic nitrogens is 1. The van der Waals surface area contributed by atoms with E-state index >= 15 is 0 Å². The van der Waals surface area contributed by atoms with Crippen molar-refractivity contribution in [3.63, 3.8) is 0 Å². The Bertz CT molecular complexity index is 890. The van der Waals surface area contributed by atoms with Crippen molar-refractivity contribution in [2.24, 2.45) is 5.92 Å². The summed E-state index contributed by atoms with van der Waals surface area (Å²) in [7, 11) is 0. The summed E-state index contributed by atoms with van der Waals surface area (Å²) >= 11 is 0. The van der Waals surface area contributed by atoms with E-state index in [2.05, 4.69) is 24.1 Å². The minimum absolute atomic E-state index is 0.0451. The van der Waals surface area contributed by atoms with Crippen LogP contribution in [0.15, 0.2) is 48.8 Å². The van der Waals surface area contributed by atoms with E-state index in [9.17, 15) is 14.7 Å². The van der Waals surface area contributed by atoms with E-state index in [1.165, 1.54) is 4.90 Å². The molecule has 1 aliphatic heterocycles. The number of aliphatic hydroxyl groups excluding tert-OH is 1. The third kappa shape index (κ3) is 5.97. The molecule has 0 saturated carbocycles. The van der Waals surface area contributed by atoms with Crippen molar-refractivity contribution in [3.8, 4) is 11.5 Å². The highest BCUT2D eigenvalue weighted by molar-refractivity contribution is 5.90. The fourth-order valence-corrected chi connectivity index (χ4v) is 3.53. The second kappa shape index (κ2) is 11.5. The normalized spacial score (nSPS) is 15.8. The minimum atomic E-state index is -0.892. The SMILES string of the molecule is CC(C)CCNC(=O)[C@@H](c1ccncc1)N(CCCO)C(=O)[C@H]1COc2ccccc2O1. The molecule has 2 N–H and O–H groups in total. The van der Waals surface area contributed by atoms with Crippen LogP contribution in [0.25, 0.3) is 0 Å². The van der Waals surface area contributed by atoms with Gasteiger partial charge in [0.05, 0.1) is 0 Å². The maximum absolute atomic E-state index is 13.6. The van der Waals surface area contributed by atoms with Gasteiger partial charge in [0, 0.05) is 32.1 Å². The van der Waals surface area contributed by atoms with Crippen molar-refractivity contribution in [2.45, 2.75) is 38.8 Å². The first kappa shape index (κ1) is 23.5. The van der Waals surface area contributed by atoms with Gasteiger partial charge in [0.2, 0.25) is 12.0 Å². The number of para-hydroxylation sites is 2. The van der Waals surface area contributed by atoms with Crippen LogP contribution in [0.1, 0.15) is 38.3 Å². The van der Waals surface area contributed by atoms with E-state index in [1.54, 1.807) is 42.7 Å². The van der Waals surface area contributed by atoms with E-state index in [0.29, 0.717) is 35.9 Å². The number of benzene rings is 1. The van der Waals surface area contributed by atoms with Gasteiger partial charge in [-0.1, -0.05) is 26.0 Å². The molecule has 0 radical (unpaired) electrons. The summed E-state index contributed by atoms with van der Waals surface area (Å²) in [6.45, 7) is 4.82. The molecular formula is C24H31N3O5. The number of amides is 2. The van der Waals surface area contributed by atoms with Crippen LogP contribution < -0.4 is 14.8 Å². The third-order valence-electron chi connectivity index (χ3n) is 5.23. The van der Waals surface area contributed by atoms with Crippen molar-refractivity contribution in [2.75, 3.05) is 26.3 Å². The second-order valence-corrected chi connectivity index (χ2v) is 8.13. The average molecular weight is 442 g/mol. The molecule has 3 rings (SSSR count). The lowest BCUT2D eigenvalue weighted by molar-refractivity contribution is -0.148. The minimum Gasteiger partial charge on any atom is -0.485 e. The number of carbonyl (C=O) groups excluding carboxylic acids is 2. The predicted octanol–water partition coefficient (Wildman–Crippen LogP) is 2.34. The van der Waals surface area contributed by atoms with Crippen LogP contribution in [0.3, 0.4) is 0 Å². The summed E-state index contributed by atoms with van der Waals surface area (Å²) < 4.78 is 11.6. The average Bonchev–Trinajstić information content (AvgIpc) is 2.81. The van der Waals surface area contributed by atoms with Crippen molar-refractivity contribution in [1.82, 2.24) is 15.2 Å². The van der Waals surface area contributed by atoms with Crippen molar-refractivity contribution in [3.05, 3.63) is 54.4 Å². The molecular weight excluding hydrogens is 410 g/mol. The number of fused-ring (bicyclic) bond motifs is 1. The number of hydrogen-bond donors (Lipinski definition) is 2. The number of carbonyl (C=O) groups is 2. The molecule has 0 bridgehead atoms. The molecule has 2 atom stereocenters. The lowest BCUT2D eigenvalue weighted by atomic mass is 10.0. The Morgan fingerprint density at radius 3 is 2.59 bits per heavy atom. The molecule has 0 aliphatic carbocycles. The van der Waals surface area contributed by atoms with E-state index in [4.69, 9.17) is 9.47 Å². The zero-order chi connectivity index (χ0) is 22.9. The zero-order valence-corrected chi connectivity index (χ0v) is 18.6. The Balaban J connectivity index is 1.86. The Morgan fingerprint density at radius 1 is 1.19 bits per heavy atom. The van der Waals surface area contributed by atoms with Gasteiger partial charge < -0.3 is 24.8 Å². The van der Waals surface area contributed by atoms with Crippen LogP contribution in [0.4, 0.5) is 0 Å². The van der Waals surface area contributed by atoms with Crippen molar-refractivity contribution in [1.29, 1.82) is 0 Å². The van der Waals surface area contributed by atoms with E-state index in [0.717, 1.165) is 6.42 Å². The number of nitrogens with zero attached hydrogens (tertiary/aromatic N) is 2. The van der Waals surface area contributed by atoms with Gasteiger partial charge in [-0.25, -0.2) is 0 Å². The highest BCUT2D eigenvalue weighted by atomic mass is 16.6. The largest absolute Gasteiger partial charge is 0.485 e. The predicted molar refractivity (Wildman–Crippen MR) is 119 cm³/mol. The molecule has 1 aromatic heterocycles. The molecule has 2 amide bonds. The molecule has 0 unspecified atom stereocenters. The van der Waals surface area contributed by atoms with Gasteiger partial charge >= 0.3 is 0 Å². The van der Waals surface area contributed by atoms with Gasteiger partial charge in [0.15, 0.2) is 11.5 Å². The first-order valence-corrected chi connectivity index (χ1v) is 11.0. The fraction of sp³-hybridized carbons (Fsp3) is 0.458.